The van der Waals surface area contributed by atoms with E-state index in [0.717, 1.165) is 16.9 Å². The summed E-state index contributed by atoms with van der Waals surface area (Å²) in [6.45, 7) is 4.68. The Morgan fingerprint density at radius 1 is 1.27 bits per heavy atom. The van der Waals surface area contributed by atoms with Crippen LogP contribution in [0.5, 0.6) is 0 Å². The molecular formula is C22H23NO6S. The molecule has 2 aliphatic heterocycles. The van der Waals surface area contributed by atoms with Crippen molar-refractivity contribution in [1.29, 1.82) is 0 Å². The number of carboxylic acids is 1. The van der Waals surface area contributed by atoms with Gasteiger partial charge < -0.3 is 24.3 Å². The number of carbonyl (C=O) groups is 2. The van der Waals surface area contributed by atoms with Crippen molar-refractivity contribution < 1.29 is 29.0 Å². The average molecular weight is 429 g/mol. The van der Waals surface area contributed by atoms with E-state index in [1.165, 1.54) is 11.3 Å². The quantitative estimate of drug-likeness (QED) is 0.712. The van der Waals surface area contributed by atoms with E-state index in [2.05, 4.69) is 11.8 Å². The number of fused-ring (bicyclic) bond motifs is 2. The summed E-state index contributed by atoms with van der Waals surface area (Å²) < 4.78 is 11.7. The van der Waals surface area contributed by atoms with Gasteiger partial charge in [-0.05, 0) is 56.4 Å². The van der Waals surface area contributed by atoms with Crippen molar-refractivity contribution in [2.24, 2.45) is 0 Å². The van der Waals surface area contributed by atoms with Gasteiger partial charge in [0.15, 0.2) is 11.5 Å². The second-order valence-electron chi connectivity index (χ2n) is 8.11. The topological polar surface area (TPSA) is 100 Å². The highest BCUT2D eigenvalue weighted by Crippen LogP contribution is 2.44. The number of rotatable bonds is 2. The molecule has 0 aromatic carbocycles. The lowest BCUT2D eigenvalue weighted by Gasteiger charge is -2.43. The van der Waals surface area contributed by atoms with Gasteiger partial charge in [-0.3, -0.25) is 4.79 Å². The number of carbonyl (C=O) groups excluding carboxylic acids is 1. The van der Waals surface area contributed by atoms with Gasteiger partial charge in [-0.2, -0.15) is 0 Å². The Balaban J connectivity index is 1.47. The van der Waals surface area contributed by atoms with E-state index in [1.807, 2.05) is 0 Å². The molecule has 0 aliphatic carbocycles. The molecule has 0 unspecified atom stereocenters. The lowest BCUT2D eigenvalue weighted by Crippen LogP contribution is -2.48. The van der Waals surface area contributed by atoms with E-state index in [-0.39, 0.29) is 11.7 Å². The number of carboxylic acid groups (broad SMARTS) is 1. The third-order valence-electron chi connectivity index (χ3n) is 5.38. The summed E-state index contributed by atoms with van der Waals surface area (Å²) in [6.07, 6.45) is 1.93. The normalized spacial score (nSPS) is 17.9. The van der Waals surface area contributed by atoms with E-state index in [0.29, 0.717) is 43.2 Å². The molecule has 0 saturated carbocycles. The van der Waals surface area contributed by atoms with Crippen molar-refractivity contribution >= 4 is 23.2 Å². The molecule has 1 fully saturated rings. The molecule has 2 aliphatic rings. The van der Waals surface area contributed by atoms with Crippen LogP contribution in [0.1, 0.15) is 63.1 Å². The summed E-state index contributed by atoms with van der Waals surface area (Å²) in [5.74, 6) is 4.79. The molecule has 0 atom stereocenters. The molecule has 1 spiro atoms. The van der Waals surface area contributed by atoms with Crippen LogP contribution < -0.4 is 0 Å². The number of ether oxygens (including phenoxy) is 1. The third kappa shape index (κ3) is 4.01. The van der Waals surface area contributed by atoms with Gasteiger partial charge in [0.1, 0.15) is 10.5 Å². The number of likely N-dealkylation sites (tertiary alicyclic amines) is 1. The van der Waals surface area contributed by atoms with E-state index in [4.69, 9.17) is 9.15 Å². The maximum absolute atomic E-state index is 12.8. The Labute approximate surface area is 178 Å². The summed E-state index contributed by atoms with van der Waals surface area (Å²) >= 11 is 1.32. The molecule has 8 heteroatoms. The fraction of sp³-hybridized carbons (Fsp3) is 0.455. The number of piperidine rings is 1. The number of aromatic carboxylic acids is 1. The molecule has 2 N–H and O–H groups in total. The van der Waals surface area contributed by atoms with Crippen molar-refractivity contribution in [3.8, 4) is 11.8 Å². The summed E-state index contributed by atoms with van der Waals surface area (Å²) in [5, 5.41) is 19.0. The lowest BCUT2D eigenvalue weighted by atomic mass is 9.82. The van der Waals surface area contributed by atoms with E-state index < -0.39 is 17.2 Å². The Hall–Kier alpha value is -2.60. The Morgan fingerprint density at radius 2 is 2.00 bits per heavy atom. The van der Waals surface area contributed by atoms with Crippen molar-refractivity contribution in [2.75, 3.05) is 19.7 Å². The van der Waals surface area contributed by atoms with Gasteiger partial charge in [-0.15, -0.1) is 11.3 Å². The minimum Gasteiger partial charge on any atom is -0.477 e. The average Bonchev–Trinajstić information content (AvgIpc) is 3.34. The van der Waals surface area contributed by atoms with Crippen LogP contribution in [-0.2, 0) is 16.8 Å². The zero-order valence-corrected chi connectivity index (χ0v) is 17.7. The van der Waals surface area contributed by atoms with Crippen LogP contribution in [0.2, 0.25) is 0 Å². The van der Waals surface area contributed by atoms with Crippen LogP contribution in [0.25, 0.3) is 0 Å². The molecular weight excluding hydrogens is 406 g/mol. The Bertz CT molecular complexity index is 1040. The maximum atomic E-state index is 12.8. The van der Waals surface area contributed by atoms with Crippen LogP contribution in [0.3, 0.4) is 0 Å². The minimum atomic E-state index is -1.14. The van der Waals surface area contributed by atoms with Gasteiger partial charge in [0.25, 0.3) is 5.91 Å². The van der Waals surface area contributed by atoms with Crippen molar-refractivity contribution in [3.05, 3.63) is 45.0 Å². The lowest BCUT2D eigenvalue weighted by molar-refractivity contribution is -0.0928. The number of hydrogen-bond donors (Lipinski definition) is 2. The van der Waals surface area contributed by atoms with Crippen molar-refractivity contribution in [1.82, 2.24) is 4.90 Å². The monoisotopic (exact) mass is 429 g/mol. The molecule has 2 aromatic heterocycles. The first-order valence-electron chi connectivity index (χ1n) is 9.82. The molecule has 1 amide bonds. The van der Waals surface area contributed by atoms with Crippen LogP contribution in [0.4, 0.5) is 0 Å². The molecule has 0 radical (unpaired) electrons. The highest BCUT2D eigenvalue weighted by molar-refractivity contribution is 7.14. The highest BCUT2D eigenvalue weighted by Gasteiger charge is 2.43. The first-order valence-corrected chi connectivity index (χ1v) is 10.6. The van der Waals surface area contributed by atoms with Gasteiger partial charge in [0.05, 0.1) is 12.2 Å². The SMILES string of the molecule is CC(C)(O)C#Cc1ccc(C(=O)N2CCC3(CC2)OCCc2sc(C(=O)O)cc23)o1. The number of hydrogen-bond acceptors (Lipinski definition) is 6. The molecule has 4 rings (SSSR count). The summed E-state index contributed by atoms with van der Waals surface area (Å²) in [6, 6.07) is 4.94. The van der Waals surface area contributed by atoms with Crippen LogP contribution in [-0.4, -0.2) is 52.3 Å². The van der Waals surface area contributed by atoms with Crippen molar-refractivity contribution in [2.45, 2.75) is 44.3 Å². The van der Waals surface area contributed by atoms with Gasteiger partial charge in [0, 0.05) is 24.4 Å². The standard InChI is InChI=1S/C22H23NO6S/c1-21(2,27)7-5-14-3-4-16(29-14)19(24)23-10-8-22(9-11-23)15-13-18(20(25)26)30-17(15)6-12-28-22/h3-4,13,27H,6,8-12H2,1-2H3,(H,25,26). The number of furan rings is 1. The minimum absolute atomic E-state index is 0.208. The molecule has 0 bridgehead atoms. The van der Waals surface area contributed by atoms with Crippen LogP contribution >= 0.6 is 11.3 Å². The van der Waals surface area contributed by atoms with Gasteiger partial charge >= 0.3 is 5.97 Å². The predicted octanol–water partition coefficient (Wildman–Crippen LogP) is 2.87. The second-order valence-corrected chi connectivity index (χ2v) is 9.25. The largest absolute Gasteiger partial charge is 0.477 e. The van der Waals surface area contributed by atoms with Crippen molar-refractivity contribution in [3.63, 3.8) is 0 Å². The van der Waals surface area contributed by atoms with Gasteiger partial charge in [-0.1, -0.05) is 5.92 Å². The summed E-state index contributed by atoms with van der Waals surface area (Å²) in [4.78, 5) is 27.3. The summed E-state index contributed by atoms with van der Waals surface area (Å²) in [7, 11) is 0. The maximum Gasteiger partial charge on any atom is 0.345 e. The fourth-order valence-electron chi connectivity index (χ4n) is 3.90. The van der Waals surface area contributed by atoms with E-state index in [9.17, 15) is 19.8 Å². The zero-order valence-electron chi connectivity index (χ0n) is 16.9. The number of nitrogens with zero attached hydrogens (tertiary/aromatic N) is 1. The number of aliphatic hydroxyl groups is 1. The zero-order chi connectivity index (χ0) is 21.5. The highest BCUT2D eigenvalue weighted by atomic mass is 32.1. The third-order valence-corrected chi connectivity index (χ3v) is 6.57. The van der Waals surface area contributed by atoms with E-state index in [1.54, 1.807) is 36.9 Å². The Kier molecular flexibility index (Phi) is 5.22. The molecule has 2 aromatic rings. The molecule has 7 nitrogen and oxygen atoms in total. The first-order chi connectivity index (χ1) is 14.2. The summed E-state index contributed by atoms with van der Waals surface area (Å²) in [5.41, 5.74) is -0.703. The fourth-order valence-corrected chi connectivity index (χ4v) is 4.97. The number of amides is 1. The second kappa shape index (κ2) is 7.58. The predicted molar refractivity (Wildman–Crippen MR) is 110 cm³/mol. The molecule has 30 heavy (non-hydrogen) atoms. The Morgan fingerprint density at radius 3 is 2.67 bits per heavy atom. The smallest absolute Gasteiger partial charge is 0.345 e. The van der Waals surface area contributed by atoms with Crippen LogP contribution in [0.15, 0.2) is 22.6 Å². The van der Waals surface area contributed by atoms with Crippen LogP contribution in [0, 0.1) is 11.8 Å². The molecule has 1 saturated heterocycles. The van der Waals surface area contributed by atoms with Gasteiger partial charge in [-0.25, -0.2) is 4.79 Å². The van der Waals surface area contributed by atoms with E-state index >= 15 is 0 Å². The molecule has 4 heterocycles. The van der Waals surface area contributed by atoms with Gasteiger partial charge in [0.2, 0.25) is 0 Å². The number of thiophene rings is 1. The molecule has 158 valence electrons. The first kappa shape index (κ1) is 20.7.